The number of esters is 1. The maximum absolute atomic E-state index is 13.7. The molecule has 26 heavy (non-hydrogen) atoms. The zero-order valence-electron chi connectivity index (χ0n) is 12.9. The largest absolute Gasteiger partial charge is 0.456 e. The Morgan fingerprint density at radius 2 is 1.54 bits per heavy atom. The van der Waals surface area contributed by atoms with Crippen LogP contribution in [0.1, 0.15) is 10.4 Å². The van der Waals surface area contributed by atoms with Crippen LogP contribution in [-0.2, 0) is 0 Å². The van der Waals surface area contributed by atoms with Gasteiger partial charge in [-0.25, -0.2) is 22.4 Å². The molecule has 3 aromatic carbocycles. The minimum absolute atomic E-state index is 0.0126. The highest BCUT2D eigenvalue weighted by Crippen LogP contribution is 2.31. The van der Waals surface area contributed by atoms with Gasteiger partial charge in [0.2, 0.25) is 0 Å². The highest BCUT2D eigenvalue weighted by Gasteiger charge is 2.24. The molecular weight excluding hydrogens is 352 g/mol. The molecule has 1 aromatic heterocycles. The first kappa shape index (κ1) is 16.1. The SMILES string of the molecule is O=C(Oc1ccc2oc3ccccc3c2c1)c1cc(F)c(F)c(F)c1F. The third-order valence-electron chi connectivity index (χ3n) is 3.88. The lowest BCUT2D eigenvalue weighted by atomic mass is 10.1. The second-order valence-electron chi connectivity index (χ2n) is 5.49. The average molecular weight is 360 g/mol. The molecule has 0 unspecified atom stereocenters. The molecule has 0 aliphatic rings. The van der Waals surface area contributed by atoms with E-state index in [-0.39, 0.29) is 11.8 Å². The van der Waals surface area contributed by atoms with Gasteiger partial charge in [-0.2, -0.15) is 0 Å². The fourth-order valence-corrected chi connectivity index (χ4v) is 2.65. The molecular formula is C19H8F4O3. The van der Waals surface area contributed by atoms with E-state index in [1.807, 2.05) is 0 Å². The van der Waals surface area contributed by atoms with Crippen LogP contribution >= 0.6 is 0 Å². The number of rotatable bonds is 2. The Morgan fingerprint density at radius 1 is 0.808 bits per heavy atom. The van der Waals surface area contributed by atoms with E-state index in [0.29, 0.717) is 16.6 Å². The molecule has 0 N–H and O–H groups in total. The Labute approximate surface area is 143 Å². The summed E-state index contributed by atoms with van der Waals surface area (Å²) in [5.74, 6) is -8.92. The number of para-hydroxylation sites is 1. The summed E-state index contributed by atoms with van der Waals surface area (Å²) in [6.45, 7) is 0. The fraction of sp³-hybridized carbons (Fsp3) is 0. The molecule has 7 heteroatoms. The van der Waals surface area contributed by atoms with Gasteiger partial charge in [-0.15, -0.1) is 0 Å². The van der Waals surface area contributed by atoms with Gasteiger partial charge in [0.25, 0.3) is 0 Å². The molecule has 0 radical (unpaired) electrons. The molecule has 4 aromatic rings. The van der Waals surface area contributed by atoms with Crippen molar-refractivity contribution in [2.45, 2.75) is 0 Å². The third kappa shape index (κ3) is 2.48. The van der Waals surface area contributed by atoms with Crippen molar-refractivity contribution in [1.29, 1.82) is 0 Å². The molecule has 0 amide bonds. The summed E-state index contributed by atoms with van der Waals surface area (Å²) in [6.07, 6.45) is 0. The lowest BCUT2D eigenvalue weighted by molar-refractivity contribution is 0.0727. The Morgan fingerprint density at radius 3 is 2.35 bits per heavy atom. The molecule has 4 rings (SSSR count). The van der Waals surface area contributed by atoms with Gasteiger partial charge in [0.05, 0.1) is 0 Å². The van der Waals surface area contributed by atoms with Crippen LogP contribution < -0.4 is 4.74 Å². The lowest BCUT2D eigenvalue weighted by Crippen LogP contribution is -2.13. The summed E-state index contributed by atoms with van der Waals surface area (Å²) in [7, 11) is 0. The van der Waals surface area contributed by atoms with Gasteiger partial charge in [0.15, 0.2) is 23.3 Å². The maximum Gasteiger partial charge on any atom is 0.346 e. The lowest BCUT2D eigenvalue weighted by Gasteiger charge is -2.07. The van der Waals surface area contributed by atoms with E-state index in [2.05, 4.69) is 0 Å². The first-order chi connectivity index (χ1) is 12.5. The zero-order chi connectivity index (χ0) is 18.4. The van der Waals surface area contributed by atoms with Crippen LogP contribution in [0.2, 0.25) is 0 Å². The Balaban J connectivity index is 1.73. The second-order valence-corrected chi connectivity index (χ2v) is 5.49. The maximum atomic E-state index is 13.7. The van der Waals surface area contributed by atoms with Gasteiger partial charge in [0.1, 0.15) is 22.5 Å². The minimum Gasteiger partial charge on any atom is -0.456 e. The molecule has 1 heterocycles. The summed E-state index contributed by atoms with van der Waals surface area (Å²) in [4.78, 5) is 12.0. The van der Waals surface area contributed by atoms with E-state index in [4.69, 9.17) is 9.15 Å². The van der Waals surface area contributed by atoms with E-state index < -0.39 is 34.8 Å². The van der Waals surface area contributed by atoms with Gasteiger partial charge in [-0.3, -0.25) is 0 Å². The van der Waals surface area contributed by atoms with E-state index >= 15 is 0 Å². The third-order valence-corrected chi connectivity index (χ3v) is 3.88. The number of hydrogen-bond donors (Lipinski definition) is 0. The number of carbonyl (C=O) groups is 1. The highest BCUT2D eigenvalue weighted by atomic mass is 19.2. The smallest absolute Gasteiger partial charge is 0.346 e. The van der Waals surface area contributed by atoms with Crippen molar-refractivity contribution in [2.24, 2.45) is 0 Å². The predicted molar refractivity (Wildman–Crippen MR) is 85.0 cm³/mol. The molecule has 0 bridgehead atoms. The van der Waals surface area contributed by atoms with Crippen LogP contribution in [0.5, 0.6) is 5.75 Å². The molecule has 0 fully saturated rings. The quantitative estimate of drug-likeness (QED) is 0.159. The molecule has 0 saturated heterocycles. The van der Waals surface area contributed by atoms with Crippen molar-refractivity contribution < 1.29 is 31.5 Å². The van der Waals surface area contributed by atoms with Crippen LogP contribution in [0.4, 0.5) is 17.6 Å². The zero-order valence-corrected chi connectivity index (χ0v) is 12.9. The van der Waals surface area contributed by atoms with Gasteiger partial charge in [-0.1, -0.05) is 18.2 Å². The highest BCUT2D eigenvalue weighted by molar-refractivity contribution is 6.05. The van der Waals surface area contributed by atoms with Gasteiger partial charge >= 0.3 is 5.97 Å². The van der Waals surface area contributed by atoms with E-state index in [0.717, 1.165) is 5.39 Å². The summed E-state index contributed by atoms with van der Waals surface area (Å²) in [5, 5.41) is 1.41. The number of carbonyl (C=O) groups excluding carboxylic acids is 1. The predicted octanol–water partition coefficient (Wildman–Crippen LogP) is 5.36. The minimum atomic E-state index is -2.08. The molecule has 0 aliphatic heterocycles. The number of furan rings is 1. The summed E-state index contributed by atoms with van der Waals surface area (Å²) in [5.41, 5.74) is 0.120. The Kier molecular flexibility index (Phi) is 3.64. The standard InChI is InChI=1S/C19H8F4O3/c20-13-8-12(16(21)18(23)17(13)22)19(24)25-9-5-6-15-11(7-9)10-3-1-2-4-14(10)26-15/h1-8H. The first-order valence-electron chi connectivity index (χ1n) is 7.42. The molecule has 0 spiro atoms. The summed E-state index contributed by atoms with van der Waals surface area (Å²) >= 11 is 0. The van der Waals surface area contributed by atoms with Gasteiger partial charge < -0.3 is 9.15 Å². The van der Waals surface area contributed by atoms with Crippen LogP contribution in [0.15, 0.2) is 52.9 Å². The summed E-state index contributed by atoms with van der Waals surface area (Å²) < 4.78 is 63.8. The normalized spacial score (nSPS) is 11.2. The number of ether oxygens (including phenoxy) is 1. The topological polar surface area (TPSA) is 39.4 Å². The first-order valence-corrected chi connectivity index (χ1v) is 7.42. The number of hydrogen-bond acceptors (Lipinski definition) is 3. The molecule has 0 saturated carbocycles. The molecule has 0 aliphatic carbocycles. The molecule has 0 atom stereocenters. The van der Waals surface area contributed by atoms with Crippen molar-refractivity contribution in [2.75, 3.05) is 0 Å². The molecule has 130 valence electrons. The monoisotopic (exact) mass is 360 g/mol. The van der Waals surface area contributed by atoms with Crippen molar-refractivity contribution in [1.82, 2.24) is 0 Å². The summed E-state index contributed by atoms with van der Waals surface area (Å²) in [6, 6.07) is 11.8. The number of fused-ring (bicyclic) bond motifs is 3. The van der Waals surface area contributed by atoms with E-state index in [9.17, 15) is 22.4 Å². The fourth-order valence-electron chi connectivity index (χ4n) is 2.65. The van der Waals surface area contributed by atoms with Crippen LogP contribution in [0, 0.1) is 23.3 Å². The van der Waals surface area contributed by atoms with Crippen molar-refractivity contribution in [3.63, 3.8) is 0 Å². The molecule has 3 nitrogen and oxygen atoms in total. The number of benzene rings is 3. The van der Waals surface area contributed by atoms with E-state index in [1.165, 1.54) is 12.1 Å². The van der Waals surface area contributed by atoms with Crippen LogP contribution in [0.3, 0.4) is 0 Å². The Hall–Kier alpha value is -3.35. The van der Waals surface area contributed by atoms with E-state index in [1.54, 1.807) is 30.3 Å². The van der Waals surface area contributed by atoms with Crippen molar-refractivity contribution in [3.05, 3.63) is 77.4 Å². The van der Waals surface area contributed by atoms with Gasteiger partial charge in [0, 0.05) is 10.8 Å². The Bertz CT molecular complexity index is 1180. The average Bonchev–Trinajstić information content (AvgIpc) is 3.01. The van der Waals surface area contributed by atoms with Crippen LogP contribution in [0.25, 0.3) is 21.9 Å². The van der Waals surface area contributed by atoms with Crippen LogP contribution in [-0.4, -0.2) is 5.97 Å². The van der Waals surface area contributed by atoms with Gasteiger partial charge in [-0.05, 0) is 30.3 Å². The second kappa shape index (κ2) is 5.87. The number of halogens is 4. The van der Waals surface area contributed by atoms with Crippen molar-refractivity contribution >= 4 is 27.9 Å². The van der Waals surface area contributed by atoms with Crippen molar-refractivity contribution in [3.8, 4) is 5.75 Å².